The smallest absolute Gasteiger partial charge is 0.410 e. The number of methoxy groups -OCH3 is 1. The highest BCUT2D eigenvalue weighted by atomic mass is 16.7. The van der Waals surface area contributed by atoms with E-state index in [9.17, 15) is 9.90 Å². The maximum absolute atomic E-state index is 12.6. The third-order valence-electron chi connectivity index (χ3n) is 3.94. The minimum atomic E-state index is -0.821. The molecule has 134 valence electrons. The van der Waals surface area contributed by atoms with Crippen LogP contribution < -0.4 is 0 Å². The van der Waals surface area contributed by atoms with Crippen LogP contribution in [0.1, 0.15) is 51.0 Å². The molecule has 1 aromatic carbocycles. The molecule has 1 aliphatic carbocycles. The fraction of sp³-hybridized carbons (Fsp3) is 0.611. The van der Waals surface area contributed by atoms with Gasteiger partial charge in [-0.1, -0.05) is 24.3 Å². The highest BCUT2D eigenvalue weighted by Crippen LogP contribution is 2.44. The van der Waals surface area contributed by atoms with Crippen molar-refractivity contribution in [3.05, 3.63) is 35.4 Å². The number of carbonyl (C=O) groups is 1. The largest absolute Gasteiger partial charge is 0.444 e. The molecule has 1 amide bonds. The minimum absolute atomic E-state index is 0.0398. The molecule has 0 bridgehead atoms. The van der Waals surface area contributed by atoms with Crippen LogP contribution in [-0.2, 0) is 14.2 Å². The van der Waals surface area contributed by atoms with E-state index in [0.717, 1.165) is 11.1 Å². The van der Waals surface area contributed by atoms with E-state index in [1.54, 1.807) is 4.90 Å². The molecule has 1 unspecified atom stereocenters. The molecule has 0 spiro atoms. The van der Waals surface area contributed by atoms with Crippen LogP contribution in [0.4, 0.5) is 4.79 Å². The van der Waals surface area contributed by atoms with Crippen molar-refractivity contribution in [3.63, 3.8) is 0 Å². The number of benzene rings is 1. The lowest BCUT2D eigenvalue weighted by Crippen LogP contribution is -2.43. The molecule has 3 atom stereocenters. The summed E-state index contributed by atoms with van der Waals surface area (Å²) in [5.74, 6) is 0. The Morgan fingerprint density at radius 1 is 1.25 bits per heavy atom. The van der Waals surface area contributed by atoms with Gasteiger partial charge < -0.3 is 19.3 Å². The van der Waals surface area contributed by atoms with Gasteiger partial charge in [0.2, 0.25) is 0 Å². The molecule has 0 saturated heterocycles. The molecule has 0 fully saturated rings. The van der Waals surface area contributed by atoms with E-state index in [1.165, 1.54) is 7.11 Å². The Balaban J connectivity index is 2.36. The van der Waals surface area contributed by atoms with Crippen molar-refractivity contribution in [1.29, 1.82) is 0 Å². The fourth-order valence-corrected chi connectivity index (χ4v) is 3.01. The molecule has 0 saturated carbocycles. The predicted molar refractivity (Wildman–Crippen MR) is 89.5 cm³/mol. The number of rotatable bonds is 5. The van der Waals surface area contributed by atoms with E-state index in [-0.39, 0.29) is 6.79 Å². The molecule has 1 N–H and O–H groups in total. The Morgan fingerprint density at radius 3 is 2.42 bits per heavy atom. The molecule has 6 heteroatoms. The molecule has 1 aromatic rings. The predicted octanol–water partition coefficient (Wildman–Crippen LogP) is 3.02. The van der Waals surface area contributed by atoms with Crippen molar-refractivity contribution in [2.45, 2.75) is 51.5 Å². The Labute approximate surface area is 143 Å². The first kappa shape index (κ1) is 18.7. The molecular formula is C18H27NO5. The van der Waals surface area contributed by atoms with Crippen LogP contribution in [0.25, 0.3) is 0 Å². The fourth-order valence-electron chi connectivity index (χ4n) is 3.01. The second-order valence-electron chi connectivity index (χ2n) is 6.82. The van der Waals surface area contributed by atoms with E-state index in [4.69, 9.17) is 14.2 Å². The van der Waals surface area contributed by atoms with Gasteiger partial charge in [0.05, 0.1) is 6.04 Å². The Hall–Kier alpha value is -1.63. The molecule has 0 aliphatic heterocycles. The van der Waals surface area contributed by atoms with Gasteiger partial charge in [0.1, 0.15) is 24.6 Å². The van der Waals surface area contributed by atoms with Gasteiger partial charge >= 0.3 is 6.09 Å². The summed E-state index contributed by atoms with van der Waals surface area (Å²) < 4.78 is 16.2. The summed E-state index contributed by atoms with van der Waals surface area (Å²) in [4.78, 5) is 14.2. The summed E-state index contributed by atoms with van der Waals surface area (Å²) >= 11 is 0. The molecule has 2 rings (SSSR count). The van der Waals surface area contributed by atoms with Crippen LogP contribution in [0.15, 0.2) is 24.3 Å². The molecule has 1 aliphatic rings. The topological polar surface area (TPSA) is 68.2 Å². The lowest BCUT2D eigenvalue weighted by atomic mass is 10.1. The number of nitrogens with zero attached hydrogens (tertiary/aromatic N) is 1. The van der Waals surface area contributed by atoms with Gasteiger partial charge in [0.15, 0.2) is 0 Å². The summed E-state index contributed by atoms with van der Waals surface area (Å²) in [6, 6.07) is 7.09. The monoisotopic (exact) mass is 337 g/mol. The highest BCUT2D eigenvalue weighted by Gasteiger charge is 2.45. The maximum Gasteiger partial charge on any atom is 0.410 e. The van der Waals surface area contributed by atoms with E-state index >= 15 is 0 Å². The average molecular weight is 337 g/mol. The normalized spacial score (nSPS) is 23.0. The number of aliphatic hydroxyl groups excluding tert-OH is 1. The molecule has 0 radical (unpaired) electrons. The zero-order valence-electron chi connectivity index (χ0n) is 15.0. The Bertz CT molecular complexity index is 569. The first-order chi connectivity index (χ1) is 11.3. The number of carbonyl (C=O) groups excluding carboxylic acids is 1. The number of ether oxygens (including phenoxy) is 3. The van der Waals surface area contributed by atoms with Gasteiger partial charge in [0.25, 0.3) is 0 Å². The zero-order valence-corrected chi connectivity index (χ0v) is 15.0. The lowest BCUT2D eigenvalue weighted by molar-refractivity contribution is -0.132. The van der Waals surface area contributed by atoms with Gasteiger partial charge in [-0.25, -0.2) is 4.79 Å². The second kappa shape index (κ2) is 7.51. The quantitative estimate of drug-likeness (QED) is 0.837. The van der Waals surface area contributed by atoms with Crippen LogP contribution in [0.2, 0.25) is 0 Å². The van der Waals surface area contributed by atoms with E-state index in [2.05, 4.69) is 0 Å². The van der Waals surface area contributed by atoms with Crippen molar-refractivity contribution < 1.29 is 24.1 Å². The summed E-state index contributed by atoms with van der Waals surface area (Å²) in [5, 5.41) is 10.6. The third kappa shape index (κ3) is 3.88. The Morgan fingerprint density at radius 2 is 1.88 bits per heavy atom. The summed E-state index contributed by atoms with van der Waals surface area (Å²) in [6.07, 6.45) is -1.85. The van der Waals surface area contributed by atoms with Crippen molar-refractivity contribution >= 4 is 6.09 Å². The number of likely N-dealkylation sites (N-methyl/N-ethyl adjacent to an activating group) is 1. The van der Waals surface area contributed by atoms with Crippen LogP contribution in [0.5, 0.6) is 0 Å². The van der Waals surface area contributed by atoms with Gasteiger partial charge in [-0.3, -0.25) is 4.90 Å². The standard InChI is InChI=1S/C18H27NO5/c1-6-19(17(21)24-18(2,3)4)14-12-9-7-8-10-13(12)15(20)16(14)23-11-22-5/h7-10,14-16,20H,6,11H2,1-5H3/t14-,15?,16+/m1/s1. The summed E-state index contributed by atoms with van der Waals surface area (Å²) in [6.45, 7) is 7.84. The number of amides is 1. The van der Waals surface area contributed by atoms with Crippen molar-refractivity contribution in [3.8, 4) is 0 Å². The third-order valence-corrected chi connectivity index (χ3v) is 3.94. The number of hydrogen-bond donors (Lipinski definition) is 1. The minimum Gasteiger partial charge on any atom is -0.444 e. The van der Waals surface area contributed by atoms with Crippen LogP contribution >= 0.6 is 0 Å². The molecule has 24 heavy (non-hydrogen) atoms. The van der Waals surface area contributed by atoms with E-state index in [1.807, 2.05) is 52.0 Å². The van der Waals surface area contributed by atoms with Gasteiger partial charge in [0, 0.05) is 13.7 Å². The lowest BCUT2D eigenvalue weighted by Gasteiger charge is -2.34. The first-order valence-electron chi connectivity index (χ1n) is 8.17. The van der Waals surface area contributed by atoms with Gasteiger partial charge in [-0.05, 0) is 38.8 Å². The highest BCUT2D eigenvalue weighted by molar-refractivity contribution is 5.69. The molecular weight excluding hydrogens is 310 g/mol. The average Bonchev–Trinajstić information content (AvgIpc) is 2.78. The molecule has 0 aromatic heterocycles. The van der Waals surface area contributed by atoms with Crippen LogP contribution in [0, 0.1) is 0 Å². The van der Waals surface area contributed by atoms with Gasteiger partial charge in [-0.15, -0.1) is 0 Å². The van der Waals surface area contributed by atoms with E-state index < -0.39 is 29.9 Å². The van der Waals surface area contributed by atoms with E-state index in [0.29, 0.717) is 6.54 Å². The number of fused-ring (bicyclic) bond motifs is 1. The van der Waals surface area contributed by atoms with Crippen molar-refractivity contribution in [2.24, 2.45) is 0 Å². The Kier molecular flexibility index (Phi) is 5.85. The summed E-state index contributed by atoms with van der Waals surface area (Å²) in [7, 11) is 1.52. The van der Waals surface area contributed by atoms with Crippen molar-refractivity contribution in [1.82, 2.24) is 4.90 Å². The number of aliphatic hydroxyl groups is 1. The van der Waals surface area contributed by atoms with Gasteiger partial charge in [-0.2, -0.15) is 0 Å². The molecule has 6 nitrogen and oxygen atoms in total. The number of hydrogen-bond acceptors (Lipinski definition) is 5. The van der Waals surface area contributed by atoms with Crippen molar-refractivity contribution in [2.75, 3.05) is 20.4 Å². The molecule has 0 heterocycles. The zero-order chi connectivity index (χ0) is 17.9. The first-order valence-corrected chi connectivity index (χ1v) is 8.17. The van der Waals surface area contributed by atoms with Crippen LogP contribution in [0.3, 0.4) is 0 Å². The SMILES string of the molecule is CCN(C(=O)OC(C)(C)C)[C@@H]1c2ccccc2C(O)[C@H]1OCOC. The van der Waals surface area contributed by atoms with Crippen LogP contribution in [-0.4, -0.2) is 48.3 Å². The second-order valence-corrected chi connectivity index (χ2v) is 6.82. The summed E-state index contributed by atoms with van der Waals surface area (Å²) in [5.41, 5.74) is 1.05. The maximum atomic E-state index is 12.6.